The van der Waals surface area contributed by atoms with Crippen molar-refractivity contribution in [3.8, 4) is 0 Å². The standard InChI is InChI=1S/C12H12OSe/c1-7-9(3)14-12-6-10(8(2)13)4-5-11(7)12/h4-6H,1-3H3. The molecule has 0 spiro atoms. The molecule has 0 unspecified atom stereocenters. The Bertz CT molecular complexity index is 508. The first-order valence-corrected chi connectivity index (χ1v) is 6.31. The van der Waals surface area contributed by atoms with E-state index in [1.807, 2.05) is 6.07 Å². The Morgan fingerprint density at radius 3 is 2.64 bits per heavy atom. The first-order valence-electron chi connectivity index (χ1n) is 4.60. The number of aryl methyl sites for hydroxylation is 2. The topological polar surface area (TPSA) is 17.1 Å². The number of benzene rings is 1. The van der Waals surface area contributed by atoms with Gasteiger partial charge in [-0.2, -0.15) is 0 Å². The summed E-state index contributed by atoms with van der Waals surface area (Å²) < 4.78 is 2.84. The van der Waals surface area contributed by atoms with Gasteiger partial charge in [0.15, 0.2) is 0 Å². The van der Waals surface area contributed by atoms with Crippen molar-refractivity contribution in [2.45, 2.75) is 20.8 Å². The van der Waals surface area contributed by atoms with E-state index < -0.39 is 0 Å². The zero-order chi connectivity index (χ0) is 10.3. The molecule has 0 fully saturated rings. The summed E-state index contributed by atoms with van der Waals surface area (Å²) in [7, 11) is 0. The Morgan fingerprint density at radius 1 is 1.29 bits per heavy atom. The Kier molecular flexibility index (Phi) is 2.34. The van der Waals surface area contributed by atoms with E-state index >= 15 is 0 Å². The third-order valence-corrected chi connectivity index (χ3v) is 5.04. The molecule has 14 heavy (non-hydrogen) atoms. The second-order valence-corrected chi connectivity index (χ2v) is 6.19. The van der Waals surface area contributed by atoms with Crippen molar-refractivity contribution in [2.75, 3.05) is 0 Å². The molecular weight excluding hydrogens is 239 g/mol. The van der Waals surface area contributed by atoms with E-state index in [9.17, 15) is 4.79 Å². The van der Waals surface area contributed by atoms with Gasteiger partial charge in [0.25, 0.3) is 0 Å². The molecule has 0 aliphatic rings. The summed E-state index contributed by atoms with van der Waals surface area (Å²) in [6, 6.07) is 6.07. The van der Waals surface area contributed by atoms with Crippen LogP contribution in [0.25, 0.3) is 9.65 Å². The van der Waals surface area contributed by atoms with Crippen LogP contribution in [0.2, 0.25) is 0 Å². The summed E-state index contributed by atoms with van der Waals surface area (Å²) >= 11 is 0.435. The van der Waals surface area contributed by atoms with Gasteiger partial charge in [-0.25, -0.2) is 0 Å². The maximum absolute atomic E-state index is 11.2. The van der Waals surface area contributed by atoms with Gasteiger partial charge in [0.2, 0.25) is 0 Å². The predicted octanol–water partition coefficient (Wildman–Crippen LogP) is 2.72. The van der Waals surface area contributed by atoms with Crippen LogP contribution in [0.5, 0.6) is 0 Å². The van der Waals surface area contributed by atoms with Crippen LogP contribution < -0.4 is 0 Å². The molecule has 72 valence electrons. The minimum absolute atomic E-state index is 0.158. The van der Waals surface area contributed by atoms with Crippen LogP contribution in [0, 0.1) is 13.8 Å². The molecule has 1 heterocycles. The van der Waals surface area contributed by atoms with E-state index in [4.69, 9.17) is 0 Å². The summed E-state index contributed by atoms with van der Waals surface area (Å²) in [6.45, 7) is 5.97. The van der Waals surface area contributed by atoms with Crippen molar-refractivity contribution in [3.05, 3.63) is 33.8 Å². The molecule has 0 atom stereocenters. The zero-order valence-electron chi connectivity index (χ0n) is 8.55. The SMILES string of the molecule is CC(=O)c1ccc2c(C)c(C)[se]c2c1. The summed E-state index contributed by atoms with van der Waals surface area (Å²) in [5.41, 5.74) is 2.24. The van der Waals surface area contributed by atoms with Crippen LogP contribution in [-0.4, -0.2) is 20.3 Å². The van der Waals surface area contributed by atoms with Crippen LogP contribution in [0.15, 0.2) is 18.2 Å². The van der Waals surface area contributed by atoms with Gasteiger partial charge in [0, 0.05) is 0 Å². The monoisotopic (exact) mass is 252 g/mol. The first kappa shape index (κ1) is 9.69. The fourth-order valence-electron chi connectivity index (χ4n) is 1.57. The second kappa shape index (κ2) is 3.38. The van der Waals surface area contributed by atoms with Crippen molar-refractivity contribution < 1.29 is 4.79 Å². The first-order chi connectivity index (χ1) is 6.59. The van der Waals surface area contributed by atoms with Gasteiger partial charge in [-0.15, -0.1) is 0 Å². The van der Waals surface area contributed by atoms with E-state index in [-0.39, 0.29) is 5.78 Å². The maximum atomic E-state index is 11.2. The number of hydrogen-bond donors (Lipinski definition) is 0. The number of carbonyl (C=O) groups is 1. The van der Waals surface area contributed by atoms with Crippen molar-refractivity contribution in [3.63, 3.8) is 0 Å². The normalized spacial score (nSPS) is 10.8. The summed E-state index contributed by atoms with van der Waals surface area (Å²) in [5.74, 6) is 0.158. The van der Waals surface area contributed by atoms with Crippen molar-refractivity contribution >= 4 is 29.9 Å². The molecule has 0 aliphatic carbocycles. The van der Waals surface area contributed by atoms with Gasteiger partial charge in [-0.05, 0) is 0 Å². The molecule has 0 bridgehead atoms. The van der Waals surface area contributed by atoms with Gasteiger partial charge >= 0.3 is 89.3 Å². The quantitative estimate of drug-likeness (QED) is 0.562. The fourth-order valence-corrected chi connectivity index (χ4v) is 3.90. The van der Waals surface area contributed by atoms with Crippen molar-refractivity contribution in [2.24, 2.45) is 0 Å². The molecular formula is C12H12OSe. The Balaban J connectivity index is 2.73. The minimum atomic E-state index is 0.158. The molecule has 2 rings (SSSR count). The molecule has 0 amide bonds. The van der Waals surface area contributed by atoms with Gasteiger partial charge in [0.1, 0.15) is 0 Å². The van der Waals surface area contributed by atoms with Crippen molar-refractivity contribution in [1.82, 2.24) is 0 Å². The number of carbonyl (C=O) groups excluding carboxylic acids is 1. The van der Waals surface area contributed by atoms with Gasteiger partial charge in [-0.3, -0.25) is 0 Å². The number of Topliss-reactive ketones (excluding diaryl/α,β-unsaturated/α-hetero) is 1. The van der Waals surface area contributed by atoms with E-state index in [2.05, 4.69) is 26.0 Å². The van der Waals surface area contributed by atoms with Gasteiger partial charge in [-0.1, -0.05) is 0 Å². The Morgan fingerprint density at radius 2 is 2.00 bits per heavy atom. The van der Waals surface area contributed by atoms with Crippen LogP contribution in [0.3, 0.4) is 0 Å². The van der Waals surface area contributed by atoms with Crippen LogP contribution in [0.4, 0.5) is 0 Å². The predicted molar refractivity (Wildman–Crippen MR) is 60.4 cm³/mol. The van der Waals surface area contributed by atoms with Crippen LogP contribution in [0.1, 0.15) is 27.3 Å². The van der Waals surface area contributed by atoms with E-state index in [1.165, 1.54) is 19.6 Å². The van der Waals surface area contributed by atoms with Crippen molar-refractivity contribution in [1.29, 1.82) is 0 Å². The third kappa shape index (κ3) is 1.45. The van der Waals surface area contributed by atoms with Crippen LogP contribution in [-0.2, 0) is 0 Å². The van der Waals surface area contributed by atoms with E-state index in [0.717, 1.165) is 5.56 Å². The molecule has 2 heteroatoms. The third-order valence-electron chi connectivity index (χ3n) is 2.58. The second-order valence-electron chi connectivity index (χ2n) is 3.55. The molecule has 1 aromatic heterocycles. The van der Waals surface area contributed by atoms with Crippen LogP contribution >= 0.6 is 0 Å². The molecule has 0 saturated heterocycles. The molecule has 0 saturated carbocycles. The number of ketones is 1. The van der Waals surface area contributed by atoms with E-state index in [0.29, 0.717) is 14.5 Å². The molecule has 1 nitrogen and oxygen atoms in total. The average Bonchev–Trinajstić information content (AvgIpc) is 2.42. The van der Waals surface area contributed by atoms with Gasteiger partial charge < -0.3 is 0 Å². The van der Waals surface area contributed by atoms with Gasteiger partial charge in [0.05, 0.1) is 0 Å². The summed E-state index contributed by atoms with van der Waals surface area (Å²) in [6.07, 6.45) is 0. The molecule has 0 aliphatic heterocycles. The fraction of sp³-hybridized carbons (Fsp3) is 0.250. The summed E-state index contributed by atoms with van der Waals surface area (Å²) in [4.78, 5) is 11.2. The molecule has 0 N–H and O–H groups in total. The number of fused-ring (bicyclic) bond motifs is 1. The number of hydrogen-bond acceptors (Lipinski definition) is 1. The number of rotatable bonds is 1. The summed E-state index contributed by atoms with van der Waals surface area (Å²) in [5, 5.41) is 1.34. The molecule has 2 aromatic rings. The van der Waals surface area contributed by atoms with E-state index in [1.54, 1.807) is 6.92 Å². The zero-order valence-corrected chi connectivity index (χ0v) is 10.3. The molecule has 0 radical (unpaired) electrons. The Hall–Kier alpha value is -0.851. The molecule has 1 aromatic carbocycles. The average molecular weight is 251 g/mol. The Labute approximate surface area is 89.5 Å².